The van der Waals surface area contributed by atoms with Gasteiger partial charge in [-0.15, -0.1) is 0 Å². The van der Waals surface area contributed by atoms with Crippen LogP contribution >= 0.6 is 0 Å². The first kappa shape index (κ1) is 21.1. The fraction of sp³-hybridized carbons (Fsp3) is 0.478. The van der Waals surface area contributed by atoms with E-state index in [1.54, 1.807) is 12.3 Å². The standard InChI is InChI=1S/C23H27N5O3/c1-13-9-15(7-8-30-13)28-19-16-10-14(11-24)5-6-17(16)26-12-18(19)27-21(28)20(23(2,3)4)31-22(25)29/h5-6,10,12-13,15,20H,7-9H2,1-4H3,(H2,25,29)/t13-,15-,20?/m1/s1. The lowest BCUT2D eigenvalue weighted by Crippen LogP contribution is -2.32. The number of amides is 1. The number of nitrogens with zero attached hydrogens (tertiary/aromatic N) is 4. The molecule has 8 heteroatoms. The Morgan fingerprint density at radius 1 is 1.39 bits per heavy atom. The number of imidazole rings is 1. The van der Waals surface area contributed by atoms with E-state index in [2.05, 4.69) is 22.5 Å². The van der Waals surface area contributed by atoms with Crippen molar-refractivity contribution in [2.45, 2.75) is 58.8 Å². The van der Waals surface area contributed by atoms with Crippen molar-refractivity contribution in [1.29, 1.82) is 5.26 Å². The minimum Gasteiger partial charge on any atom is -0.438 e. The van der Waals surface area contributed by atoms with Crippen LogP contribution in [-0.2, 0) is 9.47 Å². The summed E-state index contributed by atoms with van der Waals surface area (Å²) in [7, 11) is 0. The third-order valence-electron chi connectivity index (χ3n) is 5.75. The normalized spacial score (nSPS) is 20.5. The average Bonchev–Trinajstić information content (AvgIpc) is 3.10. The molecule has 1 saturated heterocycles. The van der Waals surface area contributed by atoms with Crippen LogP contribution in [0.15, 0.2) is 24.4 Å². The Labute approximate surface area is 181 Å². The van der Waals surface area contributed by atoms with Crippen molar-refractivity contribution in [1.82, 2.24) is 14.5 Å². The smallest absolute Gasteiger partial charge is 0.405 e. The fourth-order valence-corrected chi connectivity index (χ4v) is 4.36. The predicted molar refractivity (Wildman–Crippen MR) is 116 cm³/mol. The van der Waals surface area contributed by atoms with E-state index in [1.165, 1.54) is 0 Å². The van der Waals surface area contributed by atoms with Gasteiger partial charge in [0.15, 0.2) is 11.9 Å². The molecular formula is C23H27N5O3. The highest BCUT2D eigenvalue weighted by Crippen LogP contribution is 2.41. The molecule has 3 atom stereocenters. The number of hydrogen-bond acceptors (Lipinski definition) is 6. The monoisotopic (exact) mass is 421 g/mol. The third-order valence-corrected chi connectivity index (χ3v) is 5.75. The second-order valence-electron chi connectivity index (χ2n) is 9.22. The lowest BCUT2D eigenvalue weighted by molar-refractivity contribution is -0.00133. The average molecular weight is 422 g/mol. The Morgan fingerprint density at radius 3 is 2.81 bits per heavy atom. The number of fused-ring (bicyclic) bond motifs is 3. The number of ether oxygens (including phenoxy) is 2. The number of hydrogen-bond donors (Lipinski definition) is 1. The summed E-state index contributed by atoms with van der Waals surface area (Å²) in [6.45, 7) is 8.65. The Kier molecular flexibility index (Phi) is 5.31. The van der Waals surface area contributed by atoms with Gasteiger partial charge in [-0.1, -0.05) is 20.8 Å². The largest absolute Gasteiger partial charge is 0.438 e. The molecule has 0 bridgehead atoms. The molecule has 1 aromatic carbocycles. The van der Waals surface area contributed by atoms with Crippen LogP contribution in [0, 0.1) is 16.7 Å². The zero-order chi connectivity index (χ0) is 22.3. The Bertz CT molecular complexity index is 1190. The Morgan fingerprint density at radius 2 is 2.16 bits per heavy atom. The molecule has 3 heterocycles. The molecule has 3 aromatic rings. The maximum atomic E-state index is 11.8. The highest BCUT2D eigenvalue weighted by Gasteiger charge is 2.37. The number of carbonyl (C=O) groups excluding carboxylic acids is 1. The number of primary amides is 1. The molecule has 1 aliphatic heterocycles. The third kappa shape index (κ3) is 3.93. The summed E-state index contributed by atoms with van der Waals surface area (Å²) in [6, 6.07) is 7.75. The van der Waals surface area contributed by atoms with E-state index in [1.807, 2.05) is 32.9 Å². The lowest BCUT2D eigenvalue weighted by atomic mass is 9.88. The number of aromatic nitrogens is 3. The van der Waals surface area contributed by atoms with Gasteiger partial charge in [0.25, 0.3) is 0 Å². The van der Waals surface area contributed by atoms with Crippen molar-refractivity contribution in [2.24, 2.45) is 11.1 Å². The molecule has 1 fully saturated rings. The lowest BCUT2D eigenvalue weighted by Gasteiger charge is -2.34. The van der Waals surface area contributed by atoms with Crippen LogP contribution in [0.25, 0.3) is 21.9 Å². The van der Waals surface area contributed by atoms with Crippen molar-refractivity contribution in [3.05, 3.63) is 35.8 Å². The maximum absolute atomic E-state index is 11.8. The molecule has 1 unspecified atom stereocenters. The first-order valence-corrected chi connectivity index (χ1v) is 10.5. The van der Waals surface area contributed by atoms with Crippen molar-refractivity contribution in [3.63, 3.8) is 0 Å². The second-order valence-corrected chi connectivity index (χ2v) is 9.22. The molecule has 4 rings (SSSR count). The van der Waals surface area contributed by atoms with Crippen LogP contribution in [0.2, 0.25) is 0 Å². The summed E-state index contributed by atoms with van der Waals surface area (Å²) >= 11 is 0. The minimum atomic E-state index is -0.839. The summed E-state index contributed by atoms with van der Waals surface area (Å²) in [4.78, 5) is 21.2. The zero-order valence-corrected chi connectivity index (χ0v) is 18.3. The number of nitrogens with two attached hydrogens (primary N) is 1. The Hall–Kier alpha value is -3.18. The van der Waals surface area contributed by atoms with Crippen molar-refractivity contribution < 1.29 is 14.3 Å². The molecule has 8 nitrogen and oxygen atoms in total. The van der Waals surface area contributed by atoms with Gasteiger partial charge < -0.3 is 19.8 Å². The summed E-state index contributed by atoms with van der Waals surface area (Å²) in [6.07, 6.45) is 1.94. The quantitative estimate of drug-likeness (QED) is 0.671. The maximum Gasteiger partial charge on any atom is 0.405 e. The highest BCUT2D eigenvalue weighted by atomic mass is 16.6. The van der Waals surface area contributed by atoms with Gasteiger partial charge in [0.1, 0.15) is 5.52 Å². The van der Waals surface area contributed by atoms with Crippen LogP contribution in [0.3, 0.4) is 0 Å². The number of carbonyl (C=O) groups is 1. The molecule has 2 aromatic heterocycles. The first-order chi connectivity index (χ1) is 14.7. The zero-order valence-electron chi connectivity index (χ0n) is 18.3. The first-order valence-electron chi connectivity index (χ1n) is 10.5. The number of benzene rings is 1. The SMILES string of the molecule is C[C@@H]1C[C@H](n2c(C(OC(N)=O)C(C)(C)C)nc3cnc4ccc(C#N)cc4c32)CCO1. The van der Waals surface area contributed by atoms with E-state index in [4.69, 9.17) is 20.2 Å². The summed E-state index contributed by atoms with van der Waals surface area (Å²) in [5.41, 5.74) is 7.91. The molecule has 0 saturated carbocycles. The molecule has 31 heavy (non-hydrogen) atoms. The Balaban J connectivity index is 2.05. The van der Waals surface area contributed by atoms with Gasteiger partial charge in [-0.05, 0) is 38.0 Å². The molecule has 2 N–H and O–H groups in total. The van der Waals surface area contributed by atoms with Crippen molar-refractivity contribution in [3.8, 4) is 6.07 Å². The van der Waals surface area contributed by atoms with Gasteiger partial charge in [-0.2, -0.15) is 5.26 Å². The number of rotatable bonds is 3. The van der Waals surface area contributed by atoms with Crippen LogP contribution in [0.5, 0.6) is 0 Å². The molecule has 0 radical (unpaired) electrons. The minimum absolute atomic E-state index is 0.0944. The predicted octanol–water partition coefficient (Wildman–Crippen LogP) is 4.38. The molecular weight excluding hydrogens is 394 g/mol. The van der Waals surface area contributed by atoms with Gasteiger partial charge >= 0.3 is 6.09 Å². The topological polar surface area (TPSA) is 116 Å². The number of pyridine rings is 1. The van der Waals surface area contributed by atoms with Crippen LogP contribution in [-0.4, -0.2) is 33.3 Å². The van der Waals surface area contributed by atoms with E-state index < -0.39 is 17.6 Å². The van der Waals surface area contributed by atoms with Crippen molar-refractivity contribution in [2.75, 3.05) is 6.61 Å². The molecule has 1 amide bonds. The summed E-state index contributed by atoms with van der Waals surface area (Å²) < 4.78 is 13.5. The van der Waals surface area contributed by atoms with E-state index in [0.29, 0.717) is 23.5 Å². The summed E-state index contributed by atoms with van der Waals surface area (Å²) in [5.74, 6) is 0.636. The number of nitriles is 1. The second kappa shape index (κ2) is 7.82. The van der Waals surface area contributed by atoms with E-state index >= 15 is 0 Å². The van der Waals surface area contributed by atoms with E-state index in [0.717, 1.165) is 29.3 Å². The van der Waals surface area contributed by atoms with E-state index in [-0.39, 0.29) is 12.1 Å². The highest BCUT2D eigenvalue weighted by molar-refractivity contribution is 6.03. The van der Waals surface area contributed by atoms with Gasteiger partial charge in [0, 0.05) is 23.4 Å². The molecule has 0 spiro atoms. The fourth-order valence-electron chi connectivity index (χ4n) is 4.36. The van der Waals surface area contributed by atoms with Crippen LogP contribution in [0.4, 0.5) is 4.79 Å². The molecule has 1 aliphatic rings. The summed E-state index contributed by atoms with van der Waals surface area (Å²) in [5, 5.41) is 10.3. The van der Waals surface area contributed by atoms with Gasteiger partial charge in [0.05, 0.1) is 35.0 Å². The molecule has 162 valence electrons. The molecule has 0 aliphatic carbocycles. The van der Waals surface area contributed by atoms with Gasteiger partial charge in [-0.3, -0.25) is 4.98 Å². The van der Waals surface area contributed by atoms with Crippen LogP contribution < -0.4 is 5.73 Å². The van der Waals surface area contributed by atoms with Gasteiger partial charge in [0.2, 0.25) is 0 Å². The van der Waals surface area contributed by atoms with Crippen molar-refractivity contribution >= 4 is 28.0 Å². The van der Waals surface area contributed by atoms with Gasteiger partial charge in [-0.25, -0.2) is 9.78 Å². The van der Waals surface area contributed by atoms with Crippen LogP contribution in [0.1, 0.15) is 64.1 Å². The van der Waals surface area contributed by atoms with E-state index in [9.17, 15) is 10.1 Å².